The number of amides is 1. The van der Waals surface area contributed by atoms with E-state index in [-0.39, 0.29) is 29.6 Å². The van der Waals surface area contributed by atoms with E-state index in [0.29, 0.717) is 21.3 Å². The Morgan fingerprint density at radius 3 is 2.59 bits per heavy atom. The second-order valence-electron chi connectivity index (χ2n) is 5.64. The number of nitrogens with one attached hydrogen (secondary N) is 1. The fourth-order valence-electron chi connectivity index (χ4n) is 2.51. The Bertz CT molecular complexity index is 955. The number of carbonyl (C=O) groups excluding carboxylic acids is 1. The van der Waals surface area contributed by atoms with Gasteiger partial charge in [-0.15, -0.1) is 11.3 Å². The maximum Gasteiger partial charge on any atom is 0.271 e. The van der Waals surface area contributed by atoms with Crippen molar-refractivity contribution in [3.63, 3.8) is 0 Å². The highest BCUT2D eigenvalue weighted by Crippen LogP contribution is 2.28. The van der Waals surface area contributed by atoms with Gasteiger partial charge in [0, 0.05) is 17.1 Å². The predicted molar refractivity (Wildman–Crippen MR) is 101 cm³/mol. The number of nitrogens with two attached hydrogens (primary N) is 1. The van der Waals surface area contributed by atoms with Gasteiger partial charge in [-0.05, 0) is 24.3 Å². The zero-order chi connectivity index (χ0) is 19.6. The highest BCUT2D eigenvalue weighted by atomic mass is 35.5. The van der Waals surface area contributed by atoms with Crippen molar-refractivity contribution in [1.82, 2.24) is 15.0 Å². The van der Waals surface area contributed by atoms with Crippen LogP contribution in [0.5, 0.6) is 5.88 Å². The standard InChI is InChI=1S/C17H17ClN4O4S/c18-10-3-1-9(2-4-10)12-5-6-13(22(12)26)15(24)20-11(7-19)17-21-16(25)14(8-23)27-17/h1-6,11,23,25-26H,7-8,19H2,(H,20,24). The summed E-state index contributed by atoms with van der Waals surface area (Å²) in [5.74, 6) is -0.853. The molecule has 2 heterocycles. The van der Waals surface area contributed by atoms with Crippen molar-refractivity contribution in [2.75, 3.05) is 6.54 Å². The first-order valence-corrected chi connectivity index (χ1v) is 9.11. The van der Waals surface area contributed by atoms with E-state index in [2.05, 4.69) is 10.3 Å². The van der Waals surface area contributed by atoms with Gasteiger partial charge in [-0.3, -0.25) is 4.79 Å². The van der Waals surface area contributed by atoms with Crippen LogP contribution in [0.15, 0.2) is 36.4 Å². The molecule has 27 heavy (non-hydrogen) atoms. The van der Waals surface area contributed by atoms with Crippen molar-refractivity contribution in [3.8, 4) is 17.1 Å². The molecule has 1 amide bonds. The number of carbonyl (C=O) groups is 1. The Labute approximate surface area is 163 Å². The number of aliphatic hydroxyl groups is 1. The molecule has 0 radical (unpaired) electrons. The van der Waals surface area contributed by atoms with Gasteiger partial charge < -0.3 is 26.5 Å². The Kier molecular flexibility index (Phi) is 5.66. The zero-order valence-corrected chi connectivity index (χ0v) is 15.5. The molecule has 0 saturated heterocycles. The summed E-state index contributed by atoms with van der Waals surface area (Å²) in [6.45, 7) is -0.335. The van der Waals surface area contributed by atoms with Crippen LogP contribution in [0.25, 0.3) is 11.3 Å². The molecule has 3 rings (SSSR count). The average molecular weight is 409 g/mol. The van der Waals surface area contributed by atoms with E-state index in [1.54, 1.807) is 30.3 Å². The van der Waals surface area contributed by atoms with Crippen molar-refractivity contribution in [1.29, 1.82) is 0 Å². The SMILES string of the molecule is NCC(NC(=O)c1ccc(-c2ccc(Cl)cc2)n1O)c1nc(O)c(CO)s1. The van der Waals surface area contributed by atoms with Crippen LogP contribution in [0, 0.1) is 0 Å². The van der Waals surface area contributed by atoms with Gasteiger partial charge in [-0.2, -0.15) is 4.73 Å². The number of thiazole rings is 1. The van der Waals surface area contributed by atoms with Crippen LogP contribution in [0.4, 0.5) is 0 Å². The molecule has 0 bridgehead atoms. The van der Waals surface area contributed by atoms with Crippen LogP contribution in [-0.4, -0.2) is 37.6 Å². The maximum atomic E-state index is 12.6. The van der Waals surface area contributed by atoms with E-state index in [1.165, 1.54) is 6.07 Å². The van der Waals surface area contributed by atoms with Gasteiger partial charge in [0.25, 0.3) is 5.91 Å². The van der Waals surface area contributed by atoms with Crippen LogP contribution in [0.3, 0.4) is 0 Å². The van der Waals surface area contributed by atoms with Crippen molar-refractivity contribution >= 4 is 28.8 Å². The highest BCUT2D eigenvalue weighted by molar-refractivity contribution is 7.12. The Morgan fingerprint density at radius 1 is 1.30 bits per heavy atom. The monoisotopic (exact) mass is 408 g/mol. The first kappa shape index (κ1) is 19.2. The maximum absolute atomic E-state index is 12.6. The molecular weight excluding hydrogens is 392 g/mol. The third-order valence-electron chi connectivity index (χ3n) is 3.90. The molecule has 6 N–H and O–H groups in total. The lowest BCUT2D eigenvalue weighted by Crippen LogP contribution is -2.34. The van der Waals surface area contributed by atoms with E-state index in [0.717, 1.165) is 16.1 Å². The molecule has 0 aliphatic heterocycles. The second-order valence-corrected chi connectivity index (χ2v) is 7.19. The van der Waals surface area contributed by atoms with Crippen LogP contribution >= 0.6 is 22.9 Å². The number of nitrogens with zero attached hydrogens (tertiary/aromatic N) is 2. The molecule has 0 fully saturated rings. The summed E-state index contributed by atoms with van der Waals surface area (Å²) >= 11 is 6.92. The molecule has 142 valence electrons. The molecule has 0 aliphatic rings. The lowest BCUT2D eigenvalue weighted by atomic mass is 10.2. The predicted octanol–water partition coefficient (Wildman–Crippen LogP) is 2.13. The molecule has 1 unspecified atom stereocenters. The largest absolute Gasteiger partial charge is 0.492 e. The van der Waals surface area contributed by atoms with E-state index in [4.69, 9.17) is 22.4 Å². The van der Waals surface area contributed by atoms with Gasteiger partial charge in [0.2, 0.25) is 5.88 Å². The fraction of sp³-hybridized carbons (Fsp3) is 0.176. The number of halogens is 1. The molecule has 0 saturated carbocycles. The smallest absolute Gasteiger partial charge is 0.271 e. The Hall–Kier alpha value is -2.59. The number of rotatable bonds is 6. The van der Waals surface area contributed by atoms with Crippen LogP contribution in [0.1, 0.15) is 26.4 Å². The van der Waals surface area contributed by atoms with Crippen molar-refractivity contribution < 1.29 is 20.2 Å². The summed E-state index contributed by atoms with van der Waals surface area (Å²) in [4.78, 5) is 16.8. The fourth-order valence-corrected chi connectivity index (χ4v) is 3.52. The van der Waals surface area contributed by atoms with Gasteiger partial charge in [-0.1, -0.05) is 23.7 Å². The number of aromatic nitrogens is 2. The molecule has 0 spiro atoms. The van der Waals surface area contributed by atoms with Crippen LogP contribution < -0.4 is 11.1 Å². The number of aromatic hydroxyl groups is 1. The summed E-state index contributed by atoms with van der Waals surface area (Å²) < 4.78 is 0.782. The van der Waals surface area contributed by atoms with Gasteiger partial charge in [0.1, 0.15) is 10.7 Å². The number of hydrogen-bond donors (Lipinski definition) is 5. The molecular formula is C17H17ClN4O4S. The van der Waals surface area contributed by atoms with Gasteiger partial charge >= 0.3 is 0 Å². The first-order valence-electron chi connectivity index (χ1n) is 7.92. The summed E-state index contributed by atoms with van der Waals surface area (Å²) in [5.41, 5.74) is 6.84. The number of hydrogen-bond acceptors (Lipinski definition) is 7. The third-order valence-corrected chi connectivity index (χ3v) is 5.30. The van der Waals surface area contributed by atoms with Gasteiger partial charge in [0.15, 0.2) is 0 Å². The number of benzene rings is 1. The Morgan fingerprint density at radius 2 is 2.00 bits per heavy atom. The minimum absolute atomic E-state index is 0.0153. The molecule has 8 nitrogen and oxygen atoms in total. The average Bonchev–Trinajstić information content (AvgIpc) is 3.23. The lowest BCUT2D eigenvalue weighted by Gasteiger charge is -2.14. The molecule has 3 aromatic rings. The van der Waals surface area contributed by atoms with Crippen molar-refractivity contribution in [3.05, 3.63) is 57.0 Å². The van der Waals surface area contributed by atoms with E-state index < -0.39 is 11.9 Å². The topological polar surface area (TPSA) is 134 Å². The van der Waals surface area contributed by atoms with E-state index >= 15 is 0 Å². The van der Waals surface area contributed by atoms with E-state index in [1.807, 2.05) is 0 Å². The normalized spacial score (nSPS) is 12.1. The van der Waals surface area contributed by atoms with Gasteiger partial charge in [-0.25, -0.2) is 4.98 Å². The minimum Gasteiger partial charge on any atom is -0.492 e. The first-order chi connectivity index (χ1) is 12.9. The quantitative estimate of drug-likeness (QED) is 0.397. The minimum atomic E-state index is -0.678. The van der Waals surface area contributed by atoms with Crippen LogP contribution in [0.2, 0.25) is 5.02 Å². The zero-order valence-electron chi connectivity index (χ0n) is 14.0. The number of aliphatic hydroxyl groups excluding tert-OH is 1. The highest BCUT2D eigenvalue weighted by Gasteiger charge is 2.23. The van der Waals surface area contributed by atoms with Crippen molar-refractivity contribution in [2.45, 2.75) is 12.6 Å². The summed E-state index contributed by atoms with van der Waals surface area (Å²) in [6, 6.07) is 9.22. The molecule has 1 aromatic carbocycles. The van der Waals surface area contributed by atoms with Crippen LogP contribution in [-0.2, 0) is 6.61 Å². The summed E-state index contributed by atoms with van der Waals surface area (Å²) in [5, 5.41) is 32.8. The van der Waals surface area contributed by atoms with Gasteiger partial charge in [0.05, 0.1) is 23.2 Å². The molecule has 2 aromatic heterocycles. The van der Waals surface area contributed by atoms with E-state index in [9.17, 15) is 15.1 Å². The lowest BCUT2D eigenvalue weighted by molar-refractivity contribution is 0.0889. The molecule has 10 heteroatoms. The molecule has 1 atom stereocenters. The van der Waals surface area contributed by atoms with Crippen molar-refractivity contribution in [2.24, 2.45) is 5.73 Å². The third kappa shape index (κ3) is 3.91. The second kappa shape index (κ2) is 7.97. The summed E-state index contributed by atoms with van der Waals surface area (Å²) in [6.07, 6.45) is 0. The Balaban J connectivity index is 1.82. The molecule has 0 aliphatic carbocycles. The summed E-state index contributed by atoms with van der Waals surface area (Å²) in [7, 11) is 0.